The van der Waals surface area contributed by atoms with Crippen molar-refractivity contribution in [3.05, 3.63) is 29.8 Å². The first-order valence-corrected chi connectivity index (χ1v) is 5.96. The molecule has 0 heterocycles. The van der Waals surface area contributed by atoms with Gasteiger partial charge in [0.15, 0.2) is 6.61 Å². The summed E-state index contributed by atoms with van der Waals surface area (Å²) < 4.78 is 5.16. The minimum atomic E-state index is -0.553. The van der Waals surface area contributed by atoms with Gasteiger partial charge >= 0.3 is 0 Å². The van der Waals surface area contributed by atoms with Gasteiger partial charge in [0.2, 0.25) is 0 Å². The molecular formula is C13H19N3O3. The summed E-state index contributed by atoms with van der Waals surface area (Å²) in [6, 6.07) is 6.68. The summed E-state index contributed by atoms with van der Waals surface area (Å²) in [5.74, 6) is -0.200. The van der Waals surface area contributed by atoms with Crippen LogP contribution in [0.4, 0.5) is 0 Å². The number of ether oxygens (including phenoxy) is 1. The van der Waals surface area contributed by atoms with Crippen molar-refractivity contribution in [1.82, 2.24) is 10.2 Å². The molecule has 0 aliphatic heterocycles. The average molecular weight is 265 g/mol. The second-order valence-corrected chi connectivity index (χ2v) is 4.11. The Morgan fingerprint density at radius 1 is 1.42 bits per heavy atom. The number of carbonyl (C=O) groups excluding carboxylic acids is 2. The SMILES string of the molecule is CNCCN(C)C(=O)c1cccc(OCC(N)=O)c1. The highest BCUT2D eigenvalue weighted by Gasteiger charge is 2.11. The first kappa shape index (κ1) is 15.0. The summed E-state index contributed by atoms with van der Waals surface area (Å²) in [5, 5.41) is 2.98. The van der Waals surface area contributed by atoms with Crippen LogP contribution >= 0.6 is 0 Å². The van der Waals surface area contributed by atoms with Gasteiger partial charge < -0.3 is 20.7 Å². The lowest BCUT2D eigenvalue weighted by molar-refractivity contribution is -0.119. The second kappa shape index (κ2) is 7.38. The molecule has 0 spiro atoms. The highest BCUT2D eigenvalue weighted by molar-refractivity contribution is 5.94. The first-order valence-electron chi connectivity index (χ1n) is 5.96. The monoisotopic (exact) mass is 265 g/mol. The summed E-state index contributed by atoms with van der Waals surface area (Å²) in [6.07, 6.45) is 0. The number of nitrogens with two attached hydrogens (primary N) is 1. The maximum Gasteiger partial charge on any atom is 0.255 e. The molecule has 6 heteroatoms. The van der Waals surface area contributed by atoms with Crippen LogP contribution in [0.3, 0.4) is 0 Å². The van der Waals surface area contributed by atoms with E-state index in [1.807, 2.05) is 7.05 Å². The Morgan fingerprint density at radius 2 is 2.16 bits per heavy atom. The lowest BCUT2D eigenvalue weighted by Gasteiger charge is -2.17. The van der Waals surface area contributed by atoms with Gasteiger partial charge in [-0.25, -0.2) is 0 Å². The van der Waals surface area contributed by atoms with Crippen molar-refractivity contribution in [3.8, 4) is 5.75 Å². The van der Waals surface area contributed by atoms with E-state index in [0.29, 0.717) is 17.9 Å². The zero-order valence-corrected chi connectivity index (χ0v) is 11.2. The minimum absolute atomic E-state index is 0.0974. The number of nitrogens with zero attached hydrogens (tertiary/aromatic N) is 1. The molecule has 0 unspecified atom stereocenters. The fourth-order valence-electron chi connectivity index (χ4n) is 1.47. The summed E-state index contributed by atoms with van der Waals surface area (Å²) >= 11 is 0. The van der Waals surface area contributed by atoms with Gasteiger partial charge in [-0.15, -0.1) is 0 Å². The molecule has 0 saturated carbocycles. The van der Waals surface area contributed by atoms with Gasteiger partial charge in [0.1, 0.15) is 5.75 Å². The molecule has 0 aliphatic rings. The predicted molar refractivity (Wildman–Crippen MR) is 72.0 cm³/mol. The van der Waals surface area contributed by atoms with Crippen molar-refractivity contribution >= 4 is 11.8 Å². The molecule has 19 heavy (non-hydrogen) atoms. The van der Waals surface area contributed by atoms with E-state index < -0.39 is 5.91 Å². The maximum absolute atomic E-state index is 12.1. The van der Waals surface area contributed by atoms with Crippen LogP contribution in [-0.4, -0.2) is 50.5 Å². The van der Waals surface area contributed by atoms with Crippen molar-refractivity contribution < 1.29 is 14.3 Å². The molecular weight excluding hydrogens is 246 g/mol. The van der Waals surface area contributed by atoms with Crippen LogP contribution < -0.4 is 15.8 Å². The van der Waals surface area contributed by atoms with Crippen molar-refractivity contribution in [2.75, 3.05) is 33.8 Å². The third-order valence-electron chi connectivity index (χ3n) is 2.51. The molecule has 0 radical (unpaired) electrons. The number of amides is 2. The molecule has 3 N–H and O–H groups in total. The molecule has 1 aromatic carbocycles. The van der Waals surface area contributed by atoms with Crippen LogP contribution in [0, 0.1) is 0 Å². The molecule has 2 amide bonds. The van der Waals surface area contributed by atoms with Gasteiger partial charge in [0.25, 0.3) is 11.8 Å². The van der Waals surface area contributed by atoms with Crippen molar-refractivity contribution in [3.63, 3.8) is 0 Å². The fraction of sp³-hybridized carbons (Fsp3) is 0.385. The van der Waals surface area contributed by atoms with E-state index in [9.17, 15) is 9.59 Å². The average Bonchev–Trinajstić information content (AvgIpc) is 2.42. The zero-order chi connectivity index (χ0) is 14.3. The lowest BCUT2D eigenvalue weighted by atomic mass is 10.2. The Labute approximate surface area is 112 Å². The molecule has 0 bridgehead atoms. The van der Waals surface area contributed by atoms with Crippen molar-refractivity contribution in [2.45, 2.75) is 0 Å². The van der Waals surface area contributed by atoms with Gasteiger partial charge in [-0.3, -0.25) is 9.59 Å². The van der Waals surface area contributed by atoms with Crippen LogP contribution in [0.5, 0.6) is 5.75 Å². The topological polar surface area (TPSA) is 84.7 Å². The predicted octanol–water partition coefficient (Wildman–Crippen LogP) is -0.158. The second-order valence-electron chi connectivity index (χ2n) is 4.11. The van der Waals surface area contributed by atoms with Gasteiger partial charge in [0.05, 0.1) is 0 Å². The van der Waals surface area contributed by atoms with Gasteiger partial charge in [0, 0.05) is 25.7 Å². The molecule has 6 nitrogen and oxygen atoms in total. The van der Waals surface area contributed by atoms with Crippen molar-refractivity contribution in [1.29, 1.82) is 0 Å². The number of rotatable bonds is 7. The Balaban J connectivity index is 2.69. The molecule has 0 fully saturated rings. The third-order valence-corrected chi connectivity index (χ3v) is 2.51. The number of carbonyl (C=O) groups is 2. The number of nitrogens with one attached hydrogen (secondary N) is 1. The Morgan fingerprint density at radius 3 is 2.79 bits per heavy atom. The van der Waals surface area contributed by atoms with E-state index in [-0.39, 0.29) is 12.5 Å². The molecule has 0 aromatic heterocycles. The summed E-state index contributed by atoms with van der Waals surface area (Å²) in [4.78, 5) is 24.3. The van der Waals surface area contributed by atoms with Crippen LogP contribution in [-0.2, 0) is 4.79 Å². The van der Waals surface area contributed by atoms with E-state index in [1.54, 1.807) is 36.2 Å². The van der Waals surface area contributed by atoms with E-state index in [4.69, 9.17) is 10.5 Å². The summed E-state index contributed by atoms with van der Waals surface area (Å²) in [7, 11) is 3.56. The Kier molecular flexibility index (Phi) is 5.81. The largest absolute Gasteiger partial charge is 0.484 e. The minimum Gasteiger partial charge on any atom is -0.484 e. The lowest BCUT2D eigenvalue weighted by Crippen LogP contribution is -2.32. The summed E-state index contributed by atoms with van der Waals surface area (Å²) in [6.45, 7) is 1.13. The molecule has 0 aliphatic carbocycles. The number of hydrogen-bond donors (Lipinski definition) is 2. The maximum atomic E-state index is 12.1. The van der Waals surface area contributed by atoms with Gasteiger partial charge in [-0.1, -0.05) is 6.07 Å². The van der Waals surface area contributed by atoms with E-state index in [2.05, 4.69) is 5.32 Å². The smallest absolute Gasteiger partial charge is 0.255 e. The van der Waals surface area contributed by atoms with Gasteiger partial charge in [-0.05, 0) is 25.2 Å². The normalized spacial score (nSPS) is 10.0. The van der Waals surface area contributed by atoms with Crippen LogP contribution in [0.1, 0.15) is 10.4 Å². The molecule has 1 rings (SSSR count). The van der Waals surface area contributed by atoms with Crippen LogP contribution in [0.25, 0.3) is 0 Å². The fourth-order valence-corrected chi connectivity index (χ4v) is 1.47. The number of hydrogen-bond acceptors (Lipinski definition) is 4. The third kappa shape index (κ3) is 4.97. The van der Waals surface area contributed by atoms with E-state index in [1.165, 1.54) is 0 Å². The molecule has 0 atom stereocenters. The molecule has 1 aromatic rings. The highest BCUT2D eigenvalue weighted by atomic mass is 16.5. The Hall–Kier alpha value is -2.08. The number of primary amides is 1. The van der Waals surface area contributed by atoms with Crippen LogP contribution in [0.2, 0.25) is 0 Å². The number of benzene rings is 1. The highest BCUT2D eigenvalue weighted by Crippen LogP contribution is 2.14. The first-order chi connectivity index (χ1) is 9.04. The molecule has 0 saturated heterocycles. The van der Waals surface area contributed by atoms with E-state index >= 15 is 0 Å². The summed E-state index contributed by atoms with van der Waals surface area (Å²) in [5.41, 5.74) is 5.51. The number of likely N-dealkylation sites (N-methyl/N-ethyl adjacent to an activating group) is 2. The van der Waals surface area contributed by atoms with Gasteiger partial charge in [-0.2, -0.15) is 0 Å². The van der Waals surface area contributed by atoms with Crippen molar-refractivity contribution in [2.24, 2.45) is 5.73 Å². The quantitative estimate of drug-likeness (QED) is 0.717. The molecule has 104 valence electrons. The van der Waals surface area contributed by atoms with Crippen LogP contribution in [0.15, 0.2) is 24.3 Å². The Bertz CT molecular complexity index is 449. The van der Waals surface area contributed by atoms with E-state index in [0.717, 1.165) is 6.54 Å². The zero-order valence-electron chi connectivity index (χ0n) is 11.2. The standard InChI is InChI=1S/C13H19N3O3/c1-15-6-7-16(2)13(18)10-4-3-5-11(8-10)19-9-12(14)17/h3-5,8,15H,6-7,9H2,1-2H3,(H2,14,17).